The Bertz CT molecular complexity index is 1630. The van der Waals surface area contributed by atoms with E-state index in [-0.39, 0.29) is 22.8 Å². The van der Waals surface area contributed by atoms with Crippen LogP contribution < -0.4 is 20.8 Å². The Kier molecular flexibility index (Phi) is 4.45. The van der Waals surface area contributed by atoms with Crippen molar-refractivity contribution in [2.45, 2.75) is 0 Å². The fourth-order valence-corrected chi connectivity index (χ4v) is 4.24. The van der Waals surface area contributed by atoms with Gasteiger partial charge in [0.2, 0.25) is 0 Å². The number of phenolic OH excluding ortho intramolecular Hbond substituents is 2. The third-order valence-corrected chi connectivity index (χ3v) is 5.62. The lowest BCUT2D eigenvalue weighted by atomic mass is 10.0. The maximum atomic E-state index is 13.1. The summed E-state index contributed by atoms with van der Waals surface area (Å²) in [6, 6.07) is 8.16. The van der Waals surface area contributed by atoms with Crippen LogP contribution >= 0.6 is 0 Å². The summed E-state index contributed by atoms with van der Waals surface area (Å²) in [6.07, 6.45) is 5.41. The van der Waals surface area contributed by atoms with Gasteiger partial charge in [0.05, 0.1) is 19.7 Å². The third kappa shape index (κ3) is 2.70. The molecule has 4 N–H and O–H groups in total. The summed E-state index contributed by atoms with van der Waals surface area (Å²) in [5.74, 6) is 0.460. The minimum absolute atomic E-state index is 0.0182. The molecule has 0 aliphatic carbocycles. The van der Waals surface area contributed by atoms with E-state index in [9.17, 15) is 15.0 Å². The summed E-state index contributed by atoms with van der Waals surface area (Å²) in [7, 11) is 2.93. The van der Waals surface area contributed by atoms with Gasteiger partial charge in [0.1, 0.15) is 11.1 Å². The molecule has 0 saturated carbocycles. The van der Waals surface area contributed by atoms with E-state index < -0.39 is 5.63 Å². The predicted octanol–water partition coefficient (Wildman–Crippen LogP) is 3.75. The van der Waals surface area contributed by atoms with E-state index in [4.69, 9.17) is 19.6 Å². The predicted molar refractivity (Wildman–Crippen MR) is 123 cm³/mol. The molecule has 3 aromatic heterocycles. The van der Waals surface area contributed by atoms with Crippen molar-refractivity contribution in [1.82, 2.24) is 4.40 Å². The molecule has 32 heavy (non-hydrogen) atoms. The van der Waals surface area contributed by atoms with Crippen LogP contribution in [0.15, 0.2) is 51.8 Å². The number of aromatic hydroxyl groups is 2. The highest BCUT2D eigenvalue weighted by Gasteiger charge is 2.21. The Hall–Kier alpha value is -4.17. The highest BCUT2D eigenvalue weighted by molar-refractivity contribution is 6.17. The highest BCUT2D eigenvalue weighted by atomic mass is 16.5. The van der Waals surface area contributed by atoms with Gasteiger partial charge in [-0.05, 0) is 29.7 Å². The molecule has 5 aromatic rings. The number of hydrogen-bond acceptors (Lipinski definition) is 7. The van der Waals surface area contributed by atoms with Crippen molar-refractivity contribution in [2.75, 3.05) is 20.8 Å². The molecule has 0 spiro atoms. The molecule has 0 bridgehead atoms. The molecule has 0 radical (unpaired) electrons. The Morgan fingerprint density at radius 1 is 1.03 bits per heavy atom. The summed E-state index contributed by atoms with van der Waals surface area (Å²) in [4.78, 5) is 13.1. The summed E-state index contributed by atoms with van der Waals surface area (Å²) in [5.41, 5.74) is 7.24. The average Bonchev–Trinajstić information content (AvgIpc) is 3.12. The zero-order valence-corrected chi connectivity index (χ0v) is 17.4. The molecule has 0 unspecified atom stereocenters. The molecule has 162 valence electrons. The molecular weight excluding hydrogens is 412 g/mol. The number of hydrogen-bond donors (Lipinski definition) is 3. The molecule has 0 fully saturated rings. The number of phenols is 2. The number of fused-ring (bicyclic) bond motifs is 7. The van der Waals surface area contributed by atoms with Crippen molar-refractivity contribution in [1.29, 1.82) is 0 Å². The maximum Gasteiger partial charge on any atom is 0.361 e. The molecule has 0 amide bonds. The Morgan fingerprint density at radius 2 is 1.72 bits per heavy atom. The van der Waals surface area contributed by atoms with Crippen molar-refractivity contribution in [3.05, 3.63) is 58.6 Å². The number of methoxy groups -OCH3 is 2. The second kappa shape index (κ2) is 7.21. The van der Waals surface area contributed by atoms with Gasteiger partial charge in [0.25, 0.3) is 0 Å². The van der Waals surface area contributed by atoms with E-state index in [1.165, 1.54) is 20.3 Å². The molecule has 8 nitrogen and oxygen atoms in total. The Morgan fingerprint density at radius 3 is 2.41 bits per heavy atom. The standard InChI is InChI=1S/C24H20N2O6/c1-30-19-9-14-12(8-16(19)27)5-7-26-22(14)13(4-3-6-25)21-15-10-20(31-2)17(28)11-18(15)32-24(29)23(21)26/h3-5,7-11,27-28H,6,25H2,1-2H3/b4-3+. The van der Waals surface area contributed by atoms with Gasteiger partial charge in [-0.2, -0.15) is 0 Å². The van der Waals surface area contributed by atoms with Crippen molar-refractivity contribution in [3.8, 4) is 23.0 Å². The van der Waals surface area contributed by atoms with E-state index in [0.717, 1.165) is 21.9 Å². The van der Waals surface area contributed by atoms with Crippen LogP contribution in [0.2, 0.25) is 0 Å². The van der Waals surface area contributed by atoms with E-state index >= 15 is 0 Å². The minimum atomic E-state index is -0.551. The minimum Gasteiger partial charge on any atom is -0.504 e. The Balaban J connectivity index is 2.10. The second-order valence-electron chi connectivity index (χ2n) is 7.33. The number of nitrogens with zero attached hydrogens (tertiary/aromatic N) is 1. The fourth-order valence-electron chi connectivity index (χ4n) is 4.24. The van der Waals surface area contributed by atoms with Crippen molar-refractivity contribution in [2.24, 2.45) is 5.73 Å². The molecule has 5 rings (SSSR count). The number of pyridine rings is 1. The van der Waals surface area contributed by atoms with Crippen LogP contribution in [0.5, 0.6) is 23.0 Å². The topological polar surface area (TPSA) is 120 Å². The van der Waals surface area contributed by atoms with Crippen LogP contribution in [-0.2, 0) is 0 Å². The summed E-state index contributed by atoms with van der Waals surface area (Å²) >= 11 is 0. The number of benzene rings is 2. The zero-order chi connectivity index (χ0) is 22.6. The van der Waals surface area contributed by atoms with Crippen LogP contribution in [0.3, 0.4) is 0 Å². The lowest BCUT2D eigenvalue weighted by molar-refractivity contribution is 0.373. The van der Waals surface area contributed by atoms with E-state index in [0.29, 0.717) is 28.6 Å². The largest absolute Gasteiger partial charge is 0.504 e. The number of aromatic nitrogens is 1. The molecule has 8 heteroatoms. The first-order chi connectivity index (χ1) is 15.5. The number of ether oxygens (including phenoxy) is 2. The summed E-state index contributed by atoms with van der Waals surface area (Å²) < 4.78 is 17.9. The zero-order valence-electron chi connectivity index (χ0n) is 17.4. The number of rotatable bonds is 4. The smallest absolute Gasteiger partial charge is 0.361 e. The number of nitrogens with two attached hydrogens (primary N) is 1. The van der Waals surface area contributed by atoms with Crippen LogP contribution in [0.1, 0.15) is 5.56 Å². The molecule has 0 aliphatic rings. The van der Waals surface area contributed by atoms with Crippen molar-refractivity contribution in [3.63, 3.8) is 0 Å². The van der Waals surface area contributed by atoms with Gasteiger partial charge in [0, 0.05) is 40.5 Å². The molecule has 0 saturated heterocycles. The van der Waals surface area contributed by atoms with Gasteiger partial charge in [-0.25, -0.2) is 4.79 Å². The molecular formula is C24H20N2O6. The van der Waals surface area contributed by atoms with Crippen molar-refractivity contribution >= 4 is 44.2 Å². The van der Waals surface area contributed by atoms with Gasteiger partial charge in [-0.15, -0.1) is 0 Å². The van der Waals surface area contributed by atoms with Crippen LogP contribution in [-0.4, -0.2) is 35.4 Å². The van der Waals surface area contributed by atoms with E-state index in [1.807, 2.05) is 6.08 Å². The quantitative estimate of drug-likeness (QED) is 0.370. The van der Waals surface area contributed by atoms with Crippen LogP contribution in [0, 0.1) is 0 Å². The lowest BCUT2D eigenvalue weighted by Gasteiger charge is -2.08. The van der Waals surface area contributed by atoms with E-state index in [1.54, 1.807) is 40.9 Å². The van der Waals surface area contributed by atoms with Gasteiger partial charge >= 0.3 is 5.63 Å². The SMILES string of the molecule is COc1cc2c(cc1O)oc(=O)c1c2c(/C=C/CN)c2c3cc(OC)c(O)cc3ccn21. The molecule has 0 aliphatic heterocycles. The van der Waals surface area contributed by atoms with Gasteiger partial charge in [-0.1, -0.05) is 12.2 Å². The van der Waals surface area contributed by atoms with Gasteiger partial charge in [0.15, 0.2) is 23.0 Å². The van der Waals surface area contributed by atoms with Crippen LogP contribution in [0.4, 0.5) is 0 Å². The van der Waals surface area contributed by atoms with E-state index in [2.05, 4.69) is 0 Å². The van der Waals surface area contributed by atoms with Crippen LogP contribution in [0.25, 0.3) is 44.2 Å². The van der Waals surface area contributed by atoms with Crippen molar-refractivity contribution < 1.29 is 24.1 Å². The average molecular weight is 432 g/mol. The lowest BCUT2D eigenvalue weighted by Crippen LogP contribution is -2.02. The van der Waals surface area contributed by atoms with Gasteiger partial charge in [-0.3, -0.25) is 0 Å². The second-order valence-corrected chi connectivity index (χ2v) is 7.33. The first kappa shape index (κ1) is 19.8. The molecule has 3 heterocycles. The Labute approximate surface area is 181 Å². The molecule has 2 aromatic carbocycles. The molecule has 0 atom stereocenters. The first-order valence-corrected chi connectivity index (χ1v) is 9.86. The maximum absolute atomic E-state index is 13.1. The van der Waals surface area contributed by atoms with Gasteiger partial charge < -0.3 is 34.2 Å². The third-order valence-electron chi connectivity index (χ3n) is 5.62. The normalized spacial score (nSPS) is 12.0. The summed E-state index contributed by atoms with van der Waals surface area (Å²) in [5, 5.41) is 23.2. The highest BCUT2D eigenvalue weighted by Crippen LogP contribution is 2.41. The fraction of sp³-hybridized carbons (Fsp3) is 0.125. The summed E-state index contributed by atoms with van der Waals surface area (Å²) in [6.45, 7) is 0.303. The first-order valence-electron chi connectivity index (χ1n) is 9.86. The monoisotopic (exact) mass is 432 g/mol.